The van der Waals surface area contributed by atoms with Gasteiger partial charge in [0.25, 0.3) is 5.91 Å². The Kier molecular flexibility index (Phi) is 6.31. The highest BCUT2D eigenvalue weighted by Gasteiger charge is 2.15. The van der Waals surface area contributed by atoms with E-state index in [0.29, 0.717) is 29.6 Å². The van der Waals surface area contributed by atoms with Gasteiger partial charge in [-0.15, -0.1) is 11.6 Å². The lowest BCUT2D eigenvalue weighted by molar-refractivity contribution is 0.0765. The minimum absolute atomic E-state index is 0.0318. The lowest BCUT2D eigenvalue weighted by Gasteiger charge is -2.21. The standard InChI is InChI=1S/C12H14BrCl2NO/c1-2-4-16(5-3-14)12(17)9-6-10(13)8-11(15)7-9/h6-8H,2-5H2,1H3. The lowest BCUT2D eigenvalue weighted by Crippen LogP contribution is -2.33. The topological polar surface area (TPSA) is 20.3 Å². The molecule has 0 radical (unpaired) electrons. The molecule has 0 fully saturated rings. The highest BCUT2D eigenvalue weighted by molar-refractivity contribution is 9.10. The minimum atomic E-state index is -0.0318. The average Bonchev–Trinajstić information content (AvgIpc) is 2.26. The van der Waals surface area contributed by atoms with Crippen molar-refractivity contribution in [1.29, 1.82) is 0 Å². The Balaban J connectivity index is 2.92. The first kappa shape index (κ1) is 14.8. The Morgan fingerprint density at radius 3 is 2.59 bits per heavy atom. The van der Waals surface area contributed by atoms with Crippen LogP contribution in [0.1, 0.15) is 23.7 Å². The van der Waals surface area contributed by atoms with Gasteiger partial charge >= 0.3 is 0 Å². The van der Waals surface area contributed by atoms with Crippen LogP contribution < -0.4 is 0 Å². The Morgan fingerprint density at radius 1 is 1.35 bits per heavy atom. The first-order chi connectivity index (χ1) is 8.08. The van der Waals surface area contributed by atoms with Crippen LogP contribution in [0.2, 0.25) is 5.02 Å². The summed E-state index contributed by atoms with van der Waals surface area (Å²) in [5.41, 5.74) is 0.586. The summed E-state index contributed by atoms with van der Waals surface area (Å²) in [6, 6.07) is 5.20. The molecule has 0 unspecified atom stereocenters. The third kappa shape index (κ3) is 4.49. The molecule has 0 aliphatic carbocycles. The van der Waals surface area contributed by atoms with Gasteiger partial charge in [-0.2, -0.15) is 0 Å². The molecule has 0 heterocycles. The number of carbonyl (C=O) groups excluding carboxylic acids is 1. The predicted molar refractivity (Wildman–Crippen MR) is 76.1 cm³/mol. The van der Waals surface area contributed by atoms with Gasteiger partial charge in [0.2, 0.25) is 0 Å². The molecule has 0 bridgehead atoms. The molecule has 1 aromatic rings. The Labute approximate surface area is 120 Å². The number of carbonyl (C=O) groups is 1. The summed E-state index contributed by atoms with van der Waals surface area (Å²) in [5.74, 6) is 0.406. The fourth-order valence-corrected chi connectivity index (χ4v) is 2.61. The van der Waals surface area contributed by atoms with Crippen molar-refractivity contribution in [3.8, 4) is 0 Å². The van der Waals surface area contributed by atoms with Crippen molar-refractivity contribution < 1.29 is 4.79 Å². The van der Waals surface area contributed by atoms with Gasteiger partial charge in [0.05, 0.1) is 0 Å². The van der Waals surface area contributed by atoms with E-state index in [1.54, 1.807) is 23.1 Å². The summed E-state index contributed by atoms with van der Waals surface area (Å²) < 4.78 is 0.802. The SMILES string of the molecule is CCCN(CCCl)C(=O)c1cc(Cl)cc(Br)c1. The van der Waals surface area contributed by atoms with Gasteiger partial charge in [-0.1, -0.05) is 34.5 Å². The minimum Gasteiger partial charge on any atom is -0.337 e. The van der Waals surface area contributed by atoms with Gasteiger partial charge < -0.3 is 4.90 Å². The van der Waals surface area contributed by atoms with E-state index in [9.17, 15) is 4.79 Å². The highest BCUT2D eigenvalue weighted by atomic mass is 79.9. The number of hydrogen-bond donors (Lipinski definition) is 0. The van der Waals surface area contributed by atoms with Crippen LogP contribution in [-0.4, -0.2) is 29.8 Å². The fourth-order valence-electron chi connectivity index (χ4n) is 1.55. The largest absolute Gasteiger partial charge is 0.337 e. The number of rotatable bonds is 5. The molecular weight excluding hydrogens is 325 g/mol. The number of amides is 1. The molecule has 5 heteroatoms. The van der Waals surface area contributed by atoms with Crippen molar-refractivity contribution in [2.75, 3.05) is 19.0 Å². The molecule has 0 aromatic heterocycles. The first-order valence-corrected chi connectivity index (χ1v) is 7.10. The maximum Gasteiger partial charge on any atom is 0.253 e. The van der Waals surface area contributed by atoms with Crippen LogP contribution in [-0.2, 0) is 0 Å². The monoisotopic (exact) mass is 337 g/mol. The molecule has 1 amide bonds. The molecule has 0 N–H and O–H groups in total. The molecule has 0 atom stereocenters. The van der Waals surface area contributed by atoms with Gasteiger partial charge in [0.1, 0.15) is 0 Å². The van der Waals surface area contributed by atoms with Gasteiger partial charge in [0, 0.05) is 34.0 Å². The van der Waals surface area contributed by atoms with Crippen molar-refractivity contribution in [1.82, 2.24) is 4.90 Å². The molecule has 0 spiro atoms. The van der Waals surface area contributed by atoms with Crippen molar-refractivity contribution in [2.24, 2.45) is 0 Å². The van der Waals surface area contributed by atoms with Crippen LogP contribution in [0.4, 0.5) is 0 Å². The van der Waals surface area contributed by atoms with Crippen LogP contribution in [0.15, 0.2) is 22.7 Å². The van der Waals surface area contributed by atoms with E-state index < -0.39 is 0 Å². The maximum absolute atomic E-state index is 12.2. The second-order valence-electron chi connectivity index (χ2n) is 3.64. The van der Waals surface area contributed by atoms with Crippen molar-refractivity contribution in [2.45, 2.75) is 13.3 Å². The van der Waals surface area contributed by atoms with Gasteiger partial charge in [0.15, 0.2) is 0 Å². The van der Waals surface area contributed by atoms with E-state index in [4.69, 9.17) is 23.2 Å². The molecule has 17 heavy (non-hydrogen) atoms. The first-order valence-electron chi connectivity index (χ1n) is 5.39. The van der Waals surface area contributed by atoms with Crippen LogP contribution in [0.3, 0.4) is 0 Å². The summed E-state index contributed by atoms with van der Waals surface area (Å²) in [6.45, 7) is 3.29. The van der Waals surface area contributed by atoms with E-state index in [-0.39, 0.29) is 5.91 Å². The van der Waals surface area contributed by atoms with E-state index in [1.807, 2.05) is 6.92 Å². The lowest BCUT2D eigenvalue weighted by atomic mass is 10.2. The molecule has 1 rings (SSSR count). The molecular formula is C12H14BrCl2NO. The second kappa shape index (κ2) is 7.24. The molecule has 0 saturated carbocycles. The van der Waals surface area contributed by atoms with Crippen LogP contribution in [0.5, 0.6) is 0 Å². The van der Waals surface area contributed by atoms with Crippen LogP contribution >= 0.6 is 39.1 Å². The summed E-state index contributed by atoms with van der Waals surface area (Å²) in [6.07, 6.45) is 0.907. The Morgan fingerprint density at radius 2 is 2.06 bits per heavy atom. The highest BCUT2D eigenvalue weighted by Crippen LogP contribution is 2.20. The Bertz CT molecular complexity index is 372. The summed E-state index contributed by atoms with van der Waals surface area (Å²) >= 11 is 15.0. The van der Waals surface area contributed by atoms with Crippen molar-refractivity contribution in [3.05, 3.63) is 33.3 Å². The third-order valence-electron chi connectivity index (χ3n) is 2.24. The molecule has 1 aromatic carbocycles. The number of halogens is 3. The van der Waals surface area contributed by atoms with Crippen molar-refractivity contribution >= 4 is 45.0 Å². The molecule has 0 aliphatic heterocycles. The molecule has 0 saturated heterocycles. The van der Waals surface area contributed by atoms with Gasteiger partial charge in [-0.05, 0) is 24.6 Å². The number of nitrogens with zero attached hydrogens (tertiary/aromatic N) is 1. The van der Waals surface area contributed by atoms with E-state index in [0.717, 1.165) is 10.9 Å². The summed E-state index contributed by atoms with van der Waals surface area (Å²) in [4.78, 5) is 14.0. The number of hydrogen-bond acceptors (Lipinski definition) is 1. The van der Waals surface area contributed by atoms with Crippen molar-refractivity contribution in [3.63, 3.8) is 0 Å². The smallest absolute Gasteiger partial charge is 0.253 e. The third-order valence-corrected chi connectivity index (χ3v) is 3.09. The zero-order chi connectivity index (χ0) is 12.8. The molecule has 94 valence electrons. The van der Waals surface area contributed by atoms with Crippen LogP contribution in [0.25, 0.3) is 0 Å². The van der Waals surface area contributed by atoms with Gasteiger partial charge in [-0.3, -0.25) is 4.79 Å². The normalized spacial score (nSPS) is 10.4. The zero-order valence-corrected chi connectivity index (χ0v) is 12.6. The quantitative estimate of drug-likeness (QED) is 0.737. The maximum atomic E-state index is 12.2. The van der Waals surface area contributed by atoms with Crippen LogP contribution in [0, 0.1) is 0 Å². The molecule has 2 nitrogen and oxygen atoms in total. The van der Waals surface area contributed by atoms with Gasteiger partial charge in [-0.25, -0.2) is 0 Å². The number of benzene rings is 1. The van der Waals surface area contributed by atoms with E-state index in [1.165, 1.54) is 0 Å². The second-order valence-corrected chi connectivity index (χ2v) is 5.37. The average molecular weight is 339 g/mol. The predicted octanol–water partition coefficient (Wildman–Crippen LogP) is 4.19. The Hall–Kier alpha value is -0.250. The molecule has 0 aliphatic rings. The van der Waals surface area contributed by atoms with E-state index >= 15 is 0 Å². The van der Waals surface area contributed by atoms with E-state index in [2.05, 4.69) is 15.9 Å². The summed E-state index contributed by atoms with van der Waals surface area (Å²) in [7, 11) is 0. The number of alkyl halides is 1. The summed E-state index contributed by atoms with van der Waals surface area (Å²) in [5, 5.41) is 0.546. The fraction of sp³-hybridized carbons (Fsp3) is 0.417. The zero-order valence-electron chi connectivity index (χ0n) is 9.55.